The molecule has 0 bridgehead atoms. The molecule has 3 heteroatoms. The van der Waals surface area contributed by atoms with Crippen LogP contribution in [0.15, 0.2) is 24.3 Å². The van der Waals surface area contributed by atoms with Crippen molar-refractivity contribution in [3.63, 3.8) is 0 Å². The monoisotopic (exact) mass is 219 g/mol. The van der Waals surface area contributed by atoms with Crippen molar-refractivity contribution in [3.05, 3.63) is 24.3 Å². The number of rotatable bonds is 2. The largest absolute Gasteiger partial charge is 0.399 e. The van der Waals surface area contributed by atoms with E-state index in [-0.39, 0.29) is 5.54 Å². The maximum atomic E-state index is 5.71. The third-order valence-corrected chi connectivity index (χ3v) is 3.77. The van der Waals surface area contributed by atoms with Crippen molar-refractivity contribution in [1.82, 2.24) is 5.32 Å². The summed E-state index contributed by atoms with van der Waals surface area (Å²) in [5.41, 5.74) is 8.05. The van der Waals surface area contributed by atoms with E-state index in [2.05, 4.69) is 36.3 Å². The van der Waals surface area contributed by atoms with Crippen LogP contribution in [0.3, 0.4) is 0 Å². The van der Waals surface area contributed by atoms with E-state index < -0.39 is 0 Å². The fourth-order valence-electron chi connectivity index (χ4n) is 2.31. The normalized spacial score (nSPS) is 19.4. The van der Waals surface area contributed by atoms with Gasteiger partial charge in [-0.15, -0.1) is 0 Å². The lowest BCUT2D eigenvalue weighted by molar-refractivity contribution is 0.323. The molecule has 1 aromatic carbocycles. The zero-order valence-electron chi connectivity index (χ0n) is 10.2. The molecule has 1 aliphatic heterocycles. The number of benzene rings is 1. The summed E-state index contributed by atoms with van der Waals surface area (Å²) in [5.74, 6) is 0. The molecule has 1 heterocycles. The maximum absolute atomic E-state index is 5.71. The van der Waals surface area contributed by atoms with Crippen molar-refractivity contribution in [2.24, 2.45) is 0 Å². The third-order valence-electron chi connectivity index (χ3n) is 3.77. The summed E-state index contributed by atoms with van der Waals surface area (Å²) in [6.07, 6.45) is 2.38. The quantitative estimate of drug-likeness (QED) is 0.746. The zero-order chi connectivity index (χ0) is 11.6. The van der Waals surface area contributed by atoms with E-state index in [1.165, 1.54) is 18.5 Å². The Balaban J connectivity index is 2.16. The van der Waals surface area contributed by atoms with Gasteiger partial charge in [-0.25, -0.2) is 0 Å². The summed E-state index contributed by atoms with van der Waals surface area (Å²) < 4.78 is 0. The predicted octanol–water partition coefficient (Wildman–Crippen LogP) is 1.85. The van der Waals surface area contributed by atoms with Gasteiger partial charge >= 0.3 is 0 Å². The second-order valence-electron chi connectivity index (χ2n) is 4.90. The van der Waals surface area contributed by atoms with Crippen LogP contribution >= 0.6 is 0 Å². The SMILES string of the molecule is CN(c1ccc(N)cc1)C1(C)CCNCC1. The van der Waals surface area contributed by atoms with Gasteiger partial charge in [-0.2, -0.15) is 0 Å². The molecule has 2 rings (SSSR count). The van der Waals surface area contributed by atoms with Crippen molar-refractivity contribution in [1.29, 1.82) is 0 Å². The van der Waals surface area contributed by atoms with Crippen LogP contribution in [0, 0.1) is 0 Å². The minimum absolute atomic E-state index is 0.265. The molecule has 16 heavy (non-hydrogen) atoms. The molecule has 0 saturated carbocycles. The Labute approximate surface area is 97.6 Å². The van der Waals surface area contributed by atoms with Crippen LogP contribution in [0.4, 0.5) is 11.4 Å². The van der Waals surface area contributed by atoms with Crippen LogP contribution in [0.2, 0.25) is 0 Å². The van der Waals surface area contributed by atoms with Crippen molar-refractivity contribution in [2.45, 2.75) is 25.3 Å². The second-order valence-corrected chi connectivity index (χ2v) is 4.90. The van der Waals surface area contributed by atoms with Crippen LogP contribution < -0.4 is 16.0 Å². The zero-order valence-corrected chi connectivity index (χ0v) is 10.2. The Morgan fingerprint density at radius 3 is 2.31 bits per heavy atom. The number of nitrogens with one attached hydrogen (secondary N) is 1. The number of anilines is 2. The van der Waals surface area contributed by atoms with Crippen LogP contribution in [0.25, 0.3) is 0 Å². The summed E-state index contributed by atoms with van der Waals surface area (Å²) in [6.45, 7) is 4.55. The minimum Gasteiger partial charge on any atom is -0.399 e. The molecule has 0 atom stereocenters. The molecule has 88 valence electrons. The van der Waals surface area contributed by atoms with E-state index in [4.69, 9.17) is 5.73 Å². The standard InChI is InChI=1S/C13H21N3/c1-13(7-9-15-10-8-13)16(2)12-5-3-11(14)4-6-12/h3-6,15H,7-10,14H2,1-2H3. The first kappa shape index (κ1) is 11.3. The molecule has 3 N–H and O–H groups in total. The molecule has 1 aliphatic rings. The third kappa shape index (κ3) is 2.14. The molecule has 0 spiro atoms. The Morgan fingerprint density at radius 1 is 1.19 bits per heavy atom. The highest BCUT2D eigenvalue weighted by atomic mass is 15.2. The molecule has 0 unspecified atom stereocenters. The summed E-state index contributed by atoms with van der Waals surface area (Å²) in [6, 6.07) is 8.14. The Hall–Kier alpha value is -1.22. The number of nitrogen functional groups attached to an aromatic ring is 1. The molecule has 0 aliphatic carbocycles. The first-order valence-electron chi connectivity index (χ1n) is 5.92. The Morgan fingerprint density at radius 2 is 1.75 bits per heavy atom. The van der Waals surface area contributed by atoms with E-state index in [1.54, 1.807) is 0 Å². The van der Waals surface area contributed by atoms with Gasteiger partial charge in [0.2, 0.25) is 0 Å². The highest BCUT2D eigenvalue weighted by Gasteiger charge is 2.30. The first-order chi connectivity index (χ1) is 7.62. The topological polar surface area (TPSA) is 41.3 Å². The first-order valence-corrected chi connectivity index (χ1v) is 5.92. The van der Waals surface area contributed by atoms with Crippen molar-refractivity contribution in [2.75, 3.05) is 30.8 Å². The van der Waals surface area contributed by atoms with E-state index >= 15 is 0 Å². The van der Waals surface area contributed by atoms with Gasteiger partial charge in [0.15, 0.2) is 0 Å². The van der Waals surface area contributed by atoms with Gasteiger partial charge in [0.1, 0.15) is 0 Å². The average molecular weight is 219 g/mol. The molecule has 1 saturated heterocycles. The van der Waals surface area contributed by atoms with E-state index in [1.807, 2.05) is 12.1 Å². The lowest BCUT2D eigenvalue weighted by Gasteiger charge is -2.43. The fraction of sp³-hybridized carbons (Fsp3) is 0.538. The van der Waals surface area contributed by atoms with Gasteiger partial charge in [0, 0.05) is 24.0 Å². The van der Waals surface area contributed by atoms with Gasteiger partial charge in [-0.05, 0) is 57.1 Å². The minimum atomic E-state index is 0.265. The molecular formula is C13H21N3. The number of nitrogens with two attached hydrogens (primary N) is 1. The smallest absolute Gasteiger partial charge is 0.0395 e. The van der Waals surface area contributed by atoms with E-state index in [9.17, 15) is 0 Å². The highest BCUT2D eigenvalue weighted by molar-refractivity contribution is 5.54. The van der Waals surface area contributed by atoms with Crippen LogP contribution in [0.5, 0.6) is 0 Å². The van der Waals surface area contributed by atoms with E-state index in [0.29, 0.717) is 0 Å². The molecular weight excluding hydrogens is 198 g/mol. The average Bonchev–Trinajstić information content (AvgIpc) is 2.30. The van der Waals surface area contributed by atoms with Crippen molar-refractivity contribution in [3.8, 4) is 0 Å². The summed E-state index contributed by atoms with van der Waals surface area (Å²) in [4.78, 5) is 2.38. The van der Waals surface area contributed by atoms with Gasteiger partial charge < -0.3 is 16.0 Å². The summed E-state index contributed by atoms with van der Waals surface area (Å²) >= 11 is 0. The molecule has 3 nitrogen and oxygen atoms in total. The summed E-state index contributed by atoms with van der Waals surface area (Å²) in [5, 5.41) is 3.41. The summed E-state index contributed by atoms with van der Waals surface area (Å²) in [7, 11) is 2.18. The van der Waals surface area contributed by atoms with Gasteiger partial charge in [0.25, 0.3) is 0 Å². The molecule has 1 fully saturated rings. The number of piperidine rings is 1. The molecule has 1 aromatic rings. The lowest BCUT2D eigenvalue weighted by Crippen LogP contribution is -2.51. The molecule has 0 radical (unpaired) electrons. The number of hydrogen-bond donors (Lipinski definition) is 2. The fourth-order valence-corrected chi connectivity index (χ4v) is 2.31. The van der Waals surface area contributed by atoms with Gasteiger partial charge in [0.05, 0.1) is 0 Å². The predicted molar refractivity (Wildman–Crippen MR) is 69.8 cm³/mol. The maximum Gasteiger partial charge on any atom is 0.0395 e. The second kappa shape index (κ2) is 4.34. The van der Waals surface area contributed by atoms with Crippen molar-refractivity contribution >= 4 is 11.4 Å². The lowest BCUT2D eigenvalue weighted by atomic mass is 9.88. The Bertz CT molecular complexity index is 339. The van der Waals surface area contributed by atoms with Gasteiger partial charge in [-0.1, -0.05) is 0 Å². The highest BCUT2D eigenvalue weighted by Crippen LogP contribution is 2.29. The molecule has 0 amide bonds. The van der Waals surface area contributed by atoms with Crippen LogP contribution in [-0.2, 0) is 0 Å². The Kier molecular flexibility index (Phi) is 3.06. The van der Waals surface area contributed by atoms with Crippen LogP contribution in [0.1, 0.15) is 19.8 Å². The molecule has 0 aromatic heterocycles. The van der Waals surface area contributed by atoms with Crippen molar-refractivity contribution < 1.29 is 0 Å². The van der Waals surface area contributed by atoms with Gasteiger partial charge in [-0.3, -0.25) is 0 Å². The number of hydrogen-bond acceptors (Lipinski definition) is 3. The van der Waals surface area contributed by atoms with E-state index in [0.717, 1.165) is 18.8 Å². The number of nitrogens with zero attached hydrogens (tertiary/aromatic N) is 1. The van der Waals surface area contributed by atoms with Crippen LogP contribution in [-0.4, -0.2) is 25.7 Å².